The van der Waals surface area contributed by atoms with Crippen molar-refractivity contribution in [1.29, 1.82) is 0 Å². The first-order valence-electron chi connectivity index (χ1n) is 9.82. The molecule has 0 aromatic heterocycles. The normalized spacial score (nSPS) is 33.4. The summed E-state index contributed by atoms with van der Waals surface area (Å²) in [5.74, 6) is 0.166. The molecule has 27 heavy (non-hydrogen) atoms. The number of fused-ring (bicyclic) bond motifs is 4. The SMILES string of the molecule is CC[C@@H]1CN2CC[C@@]3(C(=O)Nc4ccccc43)C2CC1C(OC)C(=O)OC. The summed E-state index contributed by atoms with van der Waals surface area (Å²) in [5, 5.41) is 3.09. The Kier molecular flexibility index (Phi) is 4.72. The van der Waals surface area contributed by atoms with Crippen molar-refractivity contribution in [2.45, 2.75) is 43.7 Å². The molecule has 0 bridgehead atoms. The van der Waals surface area contributed by atoms with Crippen LogP contribution in [0.2, 0.25) is 0 Å². The average molecular weight is 372 g/mol. The predicted octanol–water partition coefficient (Wildman–Crippen LogP) is 2.18. The van der Waals surface area contributed by atoms with Crippen molar-refractivity contribution in [2.75, 3.05) is 32.6 Å². The lowest BCUT2D eigenvalue weighted by Crippen LogP contribution is -2.56. The highest BCUT2D eigenvalue weighted by Crippen LogP contribution is 2.52. The molecule has 3 aliphatic rings. The molecular weight excluding hydrogens is 344 g/mol. The van der Waals surface area contributed by atoms with Gasteiger partial charge in [-0.15, -0.1) is 0 Å². The maximum absolute atomic E-state index is 13.1. The van der Waals surface area contributed by atoms with Gasteiger partial charge in [0.05, 0.1) is 12.5 Å². The first-order chi connectivity index (χ1) is 13.1. The lowest BCUT2D eigenvalue weighted by Gasteiger charge is -2.46. The Labute approximate surface area is 160 Å². The highest BCUT2D eigenvalue weighted by Gasteiger charge is 2.60. The number of anilines is 1. The zero-order valence-electron chi connectivity index (χ0n) is 16.2. The third-order valence-corrected chi connectivity index (χ3v) is 7.03. The fraction of sp³-hybridized carbons (Fsp3) is 0.619. The van der Waals surface area contributed by atoms with Crippen LogP contribution in [0.15, 0.2) is 24.3 Å². The first kappa shape index (κ1) is 18.4. The molecule has 0 aliphatic carbocycles. The summed E-state index contributed by atoms with van der Waals surface area (Å²) in [6.45, 7) is 3.96. The fourth-order valence-corrected chi connectivity index (χ4v) is 5.69. The number of nitrogens with one attached hydrogen (secondary N) is 1. The largest absolute Gasteiger partial charge is 0.467 e. The number of carbonyl (C=O) groups is 2. The van der Waals surface area contributed by atoms with Gasteiger partial charge in [-0.2, -0.15) is 0 Å². The van der Waals surface area contributed by atoms with Crippen LogP contribution in [0.5, 0.6) is 0 Å². The number of para-hydroxylation sites is 1. The van der Waals surface area contributed by atoms with E-state index < -0.39 is 11.5 Å². The molecule has 4 rings (SSSR count). The number of rotatable bonds is 4. The van der Waals surface area contributed by atoms with Crippen LogP contribution in [0.1, 0.15) is 31.7 Å². The van der Waals surface area contributed by atoms with Crippen LogP contribution in [-0.4, -0.2) is 56.2 Å². The molecule has 1 aromatic rings. The second-order valence-electron chi connectivity index (χ2n) is 7.98. The predicted molar refractivity (Wildman–Crippen MR) is 101 cm³/mol. The average Bonchev–Trinajstić information content (AvgIpc) is 3.20. The van der Waals surface area contributed by atoms with E-state index in [-0.39, 0.29) is 23.8 Å². The molecule has 2 saturated heterocycles. The lowest BCUT2D eigenvalue weighted by molar-refractivity contribution is -0.160. The Morgan fingerprint density at radius 3 is 2.85 bits per heavy atom. The van der Waals surface area contributed by atoms with Gasteiger partial charge in [0.15, 0.2) is 6.10 Å². The number of hydrogen-bond acceptors (Lipinski definition) is 5. The standard InChI is InChI=1S/C21H28N2O4/c1-4-13-12-23-10-9-21(15-7-5-6-8-16(15)22-20(21)25)17(23)11-14(13)18(26-2)19(24)27-3/h5-8,13-14,17-18H,4,9-12H2,1-3H3,(H,22,25)/t13-,14?,17?,18?,21+/m1/s1. The Bertz CT molecular complexity index is 751. The molecule has 6 nitrogen and oxygen atoms in total. The van der Waals surface area contributed by atoms with Gasteiger partial charge in [-0.1, -0.05) is 31.5 Å². The van der Waals surface area contributed by atoms with Crippen LogP contribution in [0.4, 0.5) is 5.69 Å². The van der Waals surface area contributed by atoms with Crippen molar-refractivity contribution < 1.29 is 19.1 Å². The molecule has 5 atom stereocenters. The van der Waals surface area contributed by atoms with Crippen LogP contribution in [0.3, 0.4) is 0 Å². The van der Waals surface area contributed by atoms with E-state index in [0.717, 1.165) is 43.6 Å². The summed E-state index contributed by atoms with van der Waals surface area (Å²) in [7, 11) is 2.98. The van der Waals surface area contributed by atoms with Gasteiger partial charge in [-0.25, -0.2) is 4.79 Å². The zero-order valence-corrected chi connectivity index (χ0v) is 16.2. The number of benzene rings is 1. The molecule has 0 radical (unpaired) electrons. The van der Waals surface area contributed by atoms with E-state index in [1.54, 1.807) is 7.11 Å². The lowest BCUT2D eigenvalue weighted by atomic mass is 9.67. The highest BCUT2D eigenvalue weighted by molar-refractivity contribution is 6.07. The maximum Gasteiger partial charge on any atom is 0.335 e. The molecular formula is C21H28N2O4. The van der Waals surface area contributed by atoms with E-state index in [0.29, 0.717) is 5.92 Å². The van der Waals surface area contributed by atoms with Gasteiger partial charge in [0.2, 0.25) is 5.91 Å². The third-order valence-electron chi connectivity index (χ3n) is 7.03. The first-order valence-corrected chi connectivity index (χ1v) is 9.82. The molecule has 2 fully saturated rings. The van der Waals surface area contributed by atoms with Crippen LogP contribution in [-0.2, 0) is 24.5 Å². The number of esters is 1. The Morgan fingerprint density at radius 2 is 2.15 bits per heavy atom. The Balaban J connectivity index is 1.71. The van der Waals surface area contributed by atoms with E-state index in [1.165, 1.54) is 7.11 Å². The van der Waals surface area contributed by atoms with Crippen molar-refractivity contribution in [3.63, 3.8) is 0 Å². The second kappa shape index (κ2) is 6.91. The molecule has 1 N–H and O–H groups in total. The number of nitrogens with zero attached hydrogens (tertiary/aromatic N) is 1. The van der Waals surface area contributed by atoms with Gasteiger partial charge >= 0.3 is 5.97 Å². The number of piperidine rings is 1. The number of amides is 1. The van der Waals surface area contributed by atoms with Gasteiger partial charge in [-0.05, 0) is 36.9 Å². The minimum Gasteiger partial charge on any atom is -0.467 e. The van der Waals surface area contributed by atoms with Crippen molar-refractivity contribution in [3.8, 4) is 0 Å². The topological polar surface area (TPSA) is 67.9 Å². The van der Waals surface area contributed by atoms with Gasteiger partial charge in [0.1, 0.15) is 0 Å². The maximum atomic E-state index is 13.1. The second-order valence-corrected chi connectivity index (χ2v) is 7.98. The molecule has 3 unspecified atom stereocenters. The van der Waals surface area contributed by atoms with Crippen LogP contribution >= 0.6 is 0 Å². The summed E-state index contributed by atoms with van der Waals surface area (Å²) in [6.07, 6.45) is 1.97. The quantitative estimate of drug-likeness (QED) is 0.821. The summed E-state index contributed by atoms with van der Waals surface area (Å²) in [6, 6.07) is 8.10. The van der Waals surface area contributed by atoms with Crippen LogP contribution in [0.25, 0.3) is 0 Å². The van der Waals surface area contributed by atoms with Gasteiger partial charge in [-0.3, -0.25) is 9.69 Å². The fourth-order valence-electron chi connectivity index (χ4n) is 5.69. The number of ether oxygens (including phenoxy) is 2. The smallest absolute Gasteiger partial charge is 0.335 e. The van der Waals surface area contributed by atoms with Crippen molar-refractivity contribution in [2.24, 2.45) is 11.8 Å². The summed E-state index contributed by atoms with van der Waals surface area (Å²) < 4.78 is 10.6. The van der Waals surface area contributed by atoms with Gasteiger partial charge < -0.3 is 14.8 Å². The van der Waals surface area contributed by atoms with Crippen LogP contribution < -0.4 is 5.32 Å². The van der Waals surface area contributed by atoms with Crippen molar-refractivity contribution >= 4 is 17.6 Å². The Hall–Kier alpha value is -1.92. The molecule has 0 saturated carbocycles. The Morgan fingerprint density at radius 1 is 1.37 bits per heavy atom. The molecule has 6 heteroatoms. The monoisotopic (exact) mass is 372 g/mol. The third kappa shape index (κ3) is 2.61. The van der Waals surface area contributed by atoms with E-state index in [2.05, 4.69) is 23.2 Å². The van der Waals surface area contributed by atoms with E-state index in [4.69, 9.17) is 9.47 Å². The van der Waals surface area contributed by atoms with E-state index >= 15 is 0 Å². The molecule has 1 amide bonds. The number of carbonyl (C=O) groups excluding carboxylic acids is 2. The molecule has 3 aliphatic heterocycles. The summed E-state index contributed by atoms with van der Waals surface area (Å²) >= 11 is 0. The minimum absolute atomic E-state index is 0.0456. The molecule has 146 valence electrons. The zero-order chi connectivity index (χ0) is 19.2. The number of methoxy groups -OCH3 is 2. The molecule has 1 spiro atoms. The van der Waals surface area contributed by atoms with E-state index in [1.807, 2.05) is 18.2 Å². The van der Waals surface area contributed by atoms with Crippen LogP contribution in [0, 0.1) is 11.8 Å². The number of hydrogen-bond donors (Lipinski definition) is 1. The van der Waals surface area contributed by atoms with Crippen molar-refractivity contribution in [3.05, 3.63) is 29.8 Å². The van der Waals surface area contributed by atoms with Gasteiger partial charge in [0, 0.05) is 31.3 Å². The molecule has 3 heterocycles. The van der Waals surface area contributed by atoms with Crippen molar-refractivity contribution in [1.82, 2.24) is 4.90 Å². The van der Waals surface area contributed by atoms with E-state index in [9.17, 15) is 9.59 Å². The highest BCUT2D eigenvalue weighted by atomic mass is 16.6. The molecule has 1 aromatic carbocycles. The summed E-state index contributed by atoms with van der Waals surface area (Å²) in [5.41, 5.74) is 1.50. The summed E-state index contributed by atoms with van der Waals surface area (Å²) in [4.78, 5) is 27.9. The minimum atomic E-state index is -0.584. The van der Waals surface area contributed by atoms with Gasteiger partial charge in [0.25, 0.3) is 0 Å².